The predicted molar refractivity (Wildman–Crippen MR) is 228 cm³/mol. The highest BCUT2D eigenvalue weighted by atomic mass is 28.4. The second-order valence-electron chi connectivity index (χ2n) is 19.0. The van der Waals surface area contributed by atoms with Crippen LogP contribution < -0.4 is 16.6 Å². The molecule has 5 atom stereocenters. The Labute approximate surface area is 345 Å². The Hall–Kier alpha value is -3.87. The van der Waals surface area contributed by atoms with E-state index in [4.69, 9.17) is 27.8 Å². The van der Waals surface area contributed by atoms with Gasteiger partial charge >= 0.3 is 17.8 Å². The number of amides is 1. The molecule has 0 saturated carbocycles. The lowest BCUT2D eigenvalue weighted by Crippen LogP contribution is -2.55. The summed E-state index contributed by atoms with van der Waals surface area (Å²) in [5.74, 6) is -0.689. The fourth-order valence-electron chi connectivity index (χ4n) is 5.82. The minimum absolute atomic E-state index is 0.0110. The highest BCUT2D eigenvalue weighted by molar-refractivity contribution is 6.74. The molecule has 3 aromatic rings. The van der Waals surface area contributed by atoms with Gasteiger partial charge in [-0.2, -0.15) is 0 Å². The van der Waals surface area contributed by atoms with Crippen LogP contribution in [0.4, 0.5) is 4.79 Å². The molecule has 1 aliphatic heterocycles. The molecule has 13 nitrogen and oxygen atoms in total. The molecular weight excluding hydrogens is 775 g/mol. The van der Waals surface area contributed by atoms with Crippen molar-refractivity contribution in [3.63, 3.8) is 0 Å². The number of nitrogens with one attached hydrogen (secondary N) is 1. The maximum atomic E-state index is 14.3. The smallest absolute Gasteiger partial charge is 0.408 e. The topological polar surface area (TPSA) is 146 Å². The summed E-state index contributed by atoms with van der Waals surface area (Å²) in [5, 5.41) is 2.23. The highest BCUT2D eigenvalue weighted by Crippen LogP contribution is 2.46. The minimum atomic E-state index is -2.63. The normalized spacial score (nSPS) is 19.7. The van der Waals surface area contributed by atoms with E-state index in [2.05, 4.69) is 73.0 Å². The molecule has 1 N–H and O–H groups in total. The molecule has 0 unspecified atom stereocenters. The third-order valence-corrected chi connectivity index (χ3v) is 20.1. The van der Waals surface area contributed by atoms with E-state index >= 15 is 0 Å². The average Bonchev–Trinajstić information content (AvgIpc) is 3.41. The van der Waals surface area contributed by atoms with Gasteiger partial charge < -0.3 is 33.1 Å². The number of ether oxygens (including phenoxy) is 4. The number of benzene rings is 2. The van der Waals surface area contributed by atoms with Gasteiger partial charge in [0.05, 0.1) is 12.7 Å². The molecule has 0 aliphatic carbocycles. The van der Waals surface area contributed by atoms with Crippen LogP contribution in [0, 0.1) is 0 Å². The molecule has 2 heterocycles. The number of hydrogen-bond acceptors (Lipinski definition) is 10. The van der Waals surface area contributed by atoms with E-state index in [-0.39, 0.29) is 36.4 Å². The van der Waals surface area contributed by atoms with Gasteiger partial charge in [0.1, 0.15) is 37.2 Å². The van der Waals surface area contributed by atoms with Crippen LogP contribution in [0.5, 0.6) is 0 Å². The van der Waals surface area contributed by atoms with Gasteiger partial charge in [0.15, 0.2) is 22.9 Å². The van der Waals surface area contributed by atoms with Crippen molar-refractivity contribution in [1.29, 1.82) is 0 Å². The third kappa shape index (κ3) is 12.3. The molecule has 1 amide bonds. The lowest BCUT2D eigenvalue weighted by atomic mass is 10.0. The van der Waals surface area contributed by atoms with Crippen LogP contribution >= 0.6 is 0 Å². The summed E-state index contributed by atoms with van der Waals surface area (Å²) in [6.07, 6.45) is -3.18. The number of alkyl carbamates (subject to hydrolysis) is 1. The van der Waals surface area contributed by atoms with E-state index in [9.17, 15) is 19.2 Å². The van der Waals surface area contributed by atoms with Gasteiger partial charge in [-0.1, -0.05) is 102 Å². The lowest BCUT2D eigenvalue weighted by molar-refractivity contribution is -0.159. The summed E-state index contributed by atoms with van der Waals surface area (Å²) in [5.41, 5.74) is -0.410. The molecule has 0 radical (unpaired) electrons. The van der Waals surface area contributed by atoms with Gasteiger partial charge in [-0.15, -0.1) is 0 Å². The number of carbonyl (C=O) groups is 2. The van der Waals surface area contributed by atoms with Gasteiger partial charge in [-0.05, 0) is 68.2 Å². The molecule has 1 saturated heterocycles. The molecule has 58 heavy (non-hydrogen) atoms. The van der Waals surface area contributed by atoms with Crippen molar-refractivity contribution in [3.05, 3.63) is 105 Å². The number of aromatic nitrogens is 2. The molecule has 2 aromatic carbocycles. The van der Waals surface area contributed by atoms with Crippen molar-refractivity contribution in [1.82, 2.24) is 14.5 Å². The van der Waals surface area contributed by atoms with Crippen molar-refractivity contribution < 1.29 is 37.4 Å². The van der Waals surface area contributed by atoms with Crippen LogP contribution in [0.1, 0.15) is 86.1 Å². The fourth-order valence-corrected chi connectivity index (χ4v) is 8.43. The van der Waals surface area contributed by atoms with Crippen LogP contribution in [0.2, 0.25) is 36.3 Å². The number of rotatable bonds is 15. The Bertz CT molecular complexity index is 1950. The first-order chi connectivity index (χ1) is 26.8. The summed E-state index contributed by atoms with van der Waals surface area (Å²) in [6.45, 7) is 26.3. The number of esters is 1. The molecule has 4 rings (SSSR count). The molecule has 0 bridgehead atoms. The van der Waals surface area contributed by atoms with E-state index in [0.717, 1.165) is 15.7 Å². The van der Waals surface area contributed by atoms with Gasteiger partial charge in [-0.25, -0.2) is 19.0 Å². The van der Waals surface area contributed by atoms with E-state index in [1.165, 1.54) is 16.8 Å². The summed E-state index contributed by atoms with van der Waals surface area (Å²) in [4.78, 5) is 54.8. The Morgan fingerprint density at radius 1 is 0.759 bits per heavy atom. The zero-order valence-corrected chi connectivity index (χ0v) is 38.6. The summed E-state index contributed by atoms with van der Waals surface area (Å²) in [7, 11) is -5.26. The Balaban J connectivity index is 1.80. The van der Waals surface area contributed by atoms with Crippen LogP contribution in [0.3, 0.4) is 0 Å². The monoisotopic (exact) mass is 839 g/mol. The number of nitrogens with zero attached hydrogens (tertiary/aromatic N) is 2. The minimum Gasteiger partial charge on any atom is -0.458 e. The van der Waals surface area contributed by atoms with Gasteiger partial charge in [0.2, 0.25) is 0 Å². The van der Waals surface area contributed by atoms with Crippen molar-refractivity contribution in [2.24, 2.45) is 0 Å². The number of hydrogen-bond donors (Lipinski definition) is 1. The molecule has 0 spiro atoms. The van der Waals surface area contributed by atoms with Crippen LogP contribution in [0.15, 0.2) is 82.5 Å². The first-order valence-corrected chi connectivity index (χ1v) is 25.8. The van der Waals surface area contributed by atoms with Crippen LogP contribution in [-0.2, 0) is 52.5 Å². The fraction of sp³-hybridized carbons (Fsp3) is 0.581. The molecule has 1 aliphatic rings. The first-order valence-electron chi connectivity index (χ1n) is 19.9. The van der Waals surface area contributed by atoms with E-state index in [1.54, 1.807) is 20.8 Å². The van der Waals surface area contributed by atoms with Crippen molar-refractivity contribution >= 4 is 28.7 Å². The molecule has 1 aromatic heterocycles. The first kappa shape index (κ1) is 46.8. The Morgan fingerprint density at radius 3 is 1.79 bits per heavy atom. The molecule has 1 fully saturated rings. The zero-order chi connectivity index (χ0) is 43.3. The Morgan fingerprint density at radius 2 is 1.28 bits per heavy atom. The zero-order valence-electron chi connectivity index (χ0n) is 36.6. The summed E-state index contributed by atoms with van der Waals surface area (Å²) < 4.78 is 40.8. The molecular formula is C43H65N3O10Si2. The lowest BCUT2D eigenvalue weighted by Gasteiger charge is -2.44. The van der Waals surface area contributed by atoms with Crippen LogP contribution in [-0.4, -0.2) is 67.8 Å². The van der Waals surface area contributed by atoms with E-state index in [0.29, 0.717) is 0 Å². The average molecular weight is 840 g/mol. The number of carbonyl (C=O) groups excluding carboxylic acids is 2. The molecule has 15 heteroatoms. The standard InChI is InChI=1S/C43H65N3O10Si2/c1-41(2,3)54-38(48)32(44-39(49)52-28-31-22-18-15-19-23-31)26-33-35(55-57(10,11)42(4,5)6)36(56-58(12,13)43(7,8)9)37(53-33)45-25-24-34(47)46(40(45)50)29-51-27-30-20-16-14-17-21-30/h14-25,32-33,35-37H,26-29H2,1-13H3,(H,44,49)/t32-,33+,35+,36+,37+/m0/s1. The van der Waals surface area contributed by atoms with Crippen LogP contribution in [0.25, 0.3) is 0 Å². The van der Waals surface area contributed by atoms with Gasteiger partial charge in [0, 0.05) is 18.7 Å². The largest absolute Gasteiger partial charge is 0.458 e. The van der Waals surface area contributed by atoms with Crippen molar-refractivity contribution in [2.45, 2.75) is 161 Å². The second-order valence-corrected chi connectivity index (χ2v) is 28.5. The summed E-state index contributed by atoms with van der Waals surface area (Å²) >= 11 is 0. The van der Waals surface area contributed by atoms with Crippen molar-refractivity contribution in [2.75, 3.05) is 0 Å². The van der Waals surface area contributed by atoms with Crippen molar-refractivity contribution in [3.8, 4) is 0 Å². The second kappa shape index (κ2) is 18.6. The maximum Gasteiger partial charge on any atom is 0.408 e. The Kier molecular flexibility index (Phi) is 15.0. The predicted octanol–water partition coefficient (Wildman–Crippen LogP) is 7.89. The van der Waals surface area contributed by atoms with E-state index in [1.807, 2.05) is 60.7 Å². The van der Waals surface area contributed by atoms with Gasteiger partial charge in [-0.3, -0.25) is 9.36 Å². The highest BCUT2D eigenvalue weighted by Gasteiger charge is 2.55. The maximum absolute atomic E-state index is 14.3. The quantitative estimate of drug-likeness (QED) is 0.119. The van der Waals surface area contributed by atoms with E-state index < -0.39 is 76.1 Å². The van der Waals surface area contributed by atoms with Gasteiger partial charge in [0.25, 0.3) is 5.56 Å². The summed E-state index contributed by atoms with van der Waals surface area (Å²) in [6, 6.07) is 18.7. The SMILES string of the molecule is CC(C)(C)OC(=O)[C@H](C[C@H]1O[C@@H](n2ccc(=O)n(COCc3ccccc3)c2=O)[C@H](O[Si](C)(C)C(C)(C)C)[C@@H]1O[Si](C)(C)C(C)(C)C)NC(=O)OCc1ccccc1. The third-order valence-electron chi connectivity index (χ3n) is 11.1. The molecule has 320 valence electrons.